The maximum atomic E-state index is 12.0. The van der Waals surface area contributed by atoms with Gasteiger partial charge in [0.2, 0.25) is 5.91 Å². The molecule has 0 bridgehead atoms. The van der Waals surface area contributed by atoms with E-state index in [-0.39, 0.29) is 5.91 Å². The summed E-state index contributed by atoms with van der Waals surface area (Å²) < 4.78 is 0.969. The molecule has 0 radical (unpaired) electrons. The van der Waals surface area contributed by atoms with E-state index in [0.717, 1.165) is 36.1 Å². The summed E-state index contributed by atoms with van der Waals surface area (Å²) in [4.78, 5) is 14.1. The van der Waals surface area contributed by atoms with Gasteiger partial charge >= 0.3 is 0 Å². The topological polar surface area (TPSA) is 44.4 Å². The normalized spacial score (nSPS) is 16.6. The molecule has 1 amide bonds. The number of halogens is 1. The average Bonchev–Trinajstić information content (AvgIpc) is 2.39. The van der Waals surface area contributed by atoms with Crippen molar-refractivity contribution >= 4 is 27.5 Å². The van der Waals surface area contributed by atoms with Crippen LogP contribution in [0.4, 0.5) is 5.69 Å². The van der Waals surface area contributed by atoms with E-state index < -0.39 is 0 Å². The van der Waals surface area contributed by atoms with E-state index in [1.807, 2.05) is 31.3 Å². The van der Waals surface area contributed by atoms with Crippen LogP contribution in [-0.4, -0.2) is 43.5 Å². The van der Waals surface area contributed by atoms with E-state index in [4.69, 9.17) is 0 Å². The van der Waals surface area contributed by atoms with Gasteiger partial charge in [-0.15, -0.1) is 0 Å². The Bertz CT molecular complexity index is 432. The molecule has 1 aromatic rings. The maximum absolute atomic E-state index is 12.0. The molecule has 1 aliphatic heterocycles. The molecule has 0 atom stereocenters. The molecule has 1 fully saturated rings. The summed E-state index contributed by atoms with van der Waals surface area (Å²) in [6.07, 6.45) is 2.22. The van der Waals surface area contributed by atoms with Gasteiger partial charge in [-0.3, -0.25) is 9.69 Å². The smallest absolute Gasteiger partial charge is 0.238 e. The van der Waals surface area contributed by atoms with Crippen LogP contribution in [0.3, 0.4) is 0 Å². The molecule has 104 valence electrons. The molecule has 0 aromatic heterocycles. The minimum atomic E-state index is 0.0409. The van der Waals surface area contributed by atoms with Gasteiger partial charge < -0.3 is 10.6 Å². The number of benzene rings is 1. The lowest BCUT2D eigenvalue weighted by atomic mass is 10.1. The second kappa shape index (κ2) is 7.03. The van der Waals surface area contributed by atoms with Crippen molar-refractivity contribution < 1.29 is 4.79 Å². The third kappa shape index (κ3) is 4.60. The second-order valence-corrected chi connectivity index (χ2v) is 5.87. The number of carbonyl (C=O) groups is 1. The molecule has 0 unspecified atom stereocenters. The van der Waals surface area contributed by atoms with Crippen LogP contribution in [0.1, 0.15) is 12.8 Å². The van der Waals surface area contributed by atoms with Gasteiger partial charge in [0.1, 0.15) is 0 Å². The minimum Gasteiger partial charge on any atom is -0.325 e. The quantitative estimate of drug-likeness (QED) is 0.890. The van der Waals surface area contributed by atoms with E-state index in [1.54, 1.807) is 0 Å². The fraction of sp³-hybridized carbons (Fsp3) is 0.500. The van der Waals surface area contributed by atoms with Crippen molar-refractivity contribution in [3.63, 3.8) is 0 Å². The number of amides is 1. The van der Waals surface area contributed by atoms with E-state index in [9.17, 15) is 4.79 Å². The average molecular weight is 326 g/mol. The first-order valence-electron chi connectivity index (χ1n) is 6.61. The number of likely N-dealkylation sites (N-methyl/N-ethyl adjacent to an activating group) is 1. The molecule has 1 aromatic carbocycles. The Balaban J connectivity index is 1.83. The Morgan fingerprint density at radius 3 is 2.89 bits per heavy atom. The Kier molecular flexibility index (Phi) is 5.36. The molecule has 0 aliphatic carbocycles. The van der Waals surface area contributed by atoms with Crippen LogP contribution in [0.2, 0.25) is 0 Å². The van der Waals surface area contributed by atoms with E-state index >= 15 is 0 Å². The maximum Gasteiger partial charge on any atom is 0.238 e. The van der Waals surface area contributed by atoms with Crippen molar-refractivity contribution in [2.24, 2.45) is 0 Å². The monoisotopic (exact) mass is 325 g/mol. The summed E-state index contributed by atoms with van der Waals surface area (Å²) in [5.74, 6) is 0.0409. The highest BCUT2D eigenvalue weighted by Crippen LogP contribution is 2.16. The Labute approximate surface area is 122 Å². The van der Waals surface area contributed by atoms with Gasteiger partial charge in [0, 0.05) is 16.2 Å². The summed E-state index contributed by atoms with van der Waals surface area (Å²) in [6.45, 7) is 2.53. The highest BCUT2D eigenvalue weighted by Gasteiger charge is 2.19. The lowest BCUT2D eigenvalue weighted by Crippen LogP contribution is -2.44. The second-order valence-electron chi connectivity index (χ2n) is 4.95. The Hall–Kier alpha value is -0.910. The number of piperidine rings is 1. The minimum absolute atomic E-state index is 0.0409. The number of nitrogens with zero attached hydrogens (tertiary/aromatic N) is 1. The Morgan fingerprint density at radius 2 is 2.21 bits per heavy atom. The molecular formula is C14H20BrN3O. The third-order valence-electron chi connectivity index (χ3n) is 3.43. The van der Waals surface area contributed by atoms with Gasteiger partial charge in [-0.2, -0.15) is 0 Å². The lowest BCUT2D eigenvalue weighted by Gasteiger charge is -2.31. The van der Waals surface area contributed by atoms with E-state index in [0.29, 0.717) is 12.6 Å². The van der Waals surface area contributed by atoms with Gasteiger partial charge in [-0.25, -0.2) is 0 Å². The van der Waals surface area contributed by atoms with Crippen LogP contribution in [0.5, 0.6) is 0 Å². The fourth-order valence-electron chi connectivity index (χ4n) is 2.37. The van der Waals surface area contributed by atoms with Gasteiger partial charge in [0.05, 0.1) is 6.54 Å². The van der Waals surface area contributed by atoms with E-state index in [2.05, 4.69) is 31.5 Å². The molecule has 0 saturated carbocycles. The summed E-state index contributed by atoms with van der Waals surface area (Å²) in [7, 11) is 2.02. The van der Waals surface area contributed by atoms with E-state index in [1.165, 1.54) is 0 Å². The van der Waals surface area contributed by atoms with Crippen LogP contribution >= 0.6 is 15.9 Å². The van der Waals surface area contributed by atoms with Gasteiger partial charge in [-0.05, 0) is 51.2 Å². The summed E-state index contributed by atoms with van der Waals surface area (Å²) >= 11 is 3.40. The number of hydrogen-bond acceptors (Lipinski definition) is 3. The van der Waals surface area contributed by atoms with Gasteiger partial charge in [0.15, 0.2) is 0 Å². The molecule has 19 heavy (non-hydrogen) atoms. The standard InChI is InChI=1S/C14H20BrN3O/c1-18(13-5-7-16-8-6-13)10-14(19)17-12-4-2-3-11(15)9-12/h2-4,9,13,16H,5-8,10H2,1H3,(H,17,19). The van der Waals surface area contributed by atoms with Crippen molar-refractivity contribution in [1.29, 1.82) is 0 Å². The summed E-state index contributed by atoms with van der Waals surface area (Å²) in [5, 5.41) is 6.26. The van der Waals surface area contributed by atoms with Crippen molar-refractivity contribution in [2.45, 2.75) is 18.9 Å². The number of rotatable bonds is 4. The number of anilines is 1. The first kappa shape index (κ1) is 14.5. The molecule has 5 heteroatoms. The summed E-state index contributed by atoms with van der Waals surface area (Å²) in [5.41, 5.74) is 0.832. The number of nitrogens with one attached hydrogen (secondary N) is 2. The van der Waals surface area contributed by atoms with Crippen molar-refractivity contribution in [3.8, 4) is 0 Å². The van der Waals surface area contributed by atoms with Gasteiger partial charge in [0.25, 0.3) is 0 Å². The lowest BCUT2D eigenvalue weighted by molar-refractivity contribution is -0.117. The number of carbonyl (C=O) groups excluding carboxylic acids is 1. The van der Waals surface area contributed by atoms with Crippen LogP contribution in [0, 0.1) is 0 Å². The first-order chi connectivity index (χ1) is 9.15. The Morgan fingerprint density at radius 1 is 1.47 bits per heavy atom. The first-order valence-corrected chi connectivity index (χ1v) is 7.41. The van der Waals surface area contributed by atoms with Crippen molar-refractivity contribution in [2.75, 3.05) is 32.0 Å². The highest BCUT2D eigenvalue weighted by atomic mass is 79.9. The van der Waals surface area contributed by atoms with Crippen molar-refractivity contribution in [1.82, 2.24) is 10.2 Å². The molecule has 1 heterocycles. The van der Waals surface area contributed by atoms with Crippen LogP contribution in [-0.2, 0) is 4.79 Å². The predicted octanol–water partition coefficient (Wildman–Crippen LogP) is 2.07. The largest absolute Gasteiger partial charge is 0.325 e. The third-order valence-corrected chi connectivity index (χ3v) is 3.93. The molecule has 1 saturated heterocycles. The molecular weight excluding hydrogens is 306 g/mol. The van der Waals surface area contributed by atoms with Crippen molar-refractivity contribution in [3.05, 3.63) is 28.7 Å². The molecule has 1 aliphatic rings. The molecule has 4 nitrogen and oxygen atoms in total. The fourth-order valence-corrected chi connectivity index (χ4v) is 2.77. The highest BCUT2D eigenvalue weighted by molar-refractivity contribution is 9.10. The molecule has 2 rings (SSSR count). The zero-order chi connectivity index (χ0) is 13.7. The summed E-state index contributed by atoms with van der Waals surface area (Å²) in [6, 6.07) is 8.16. The van der Waals surface area contributed by atoms with Crippen LogP contribution in [0.25, 0.3) is 0 Å². The zero-order valence-electron chi connectivity index (χ0n) is 11.2. The molecule has 2 N–H and O–H groups in total. The SMILES string of the molecule is CN(CC(=O)Nc1cccc(Br)c1)C1CCNCC1. The zero-order valence-corrected chi connectivity index (χ0v) is 12.7. The van der Waals surface area contributed by atoms with Crippen LogP contribution < -0.4 is 10.6 Å². The van der Waals surface area contributed by atoms with Gasteiger partial charge in [-0.1, -0.05) is 22.0 Å². The number of hydrogen-bond donors (Lipinski definition) is 2. The predicted molar refractivity (Wildman–Crippen MR) is 81.3 cm³/mol. The van der Waals surface area contributed by atoms with Crippen LogP contribution in [0.15, 0.2) is 28.7 Å². The molecule has 0 spiro atoms.